The molecule has 0 bridgehead atoms. The van der Waals surface area contributed by atoms with Crippen LogP contribution in [-0.2, 0) is 32.9 Å². The van der Waals surface area contributed by atoms with Gasteiger partial charge < -0.3 is 34.1 Å². The van der Waals surface area contributed by atoms with Crippen molar-refractivity contribution in [1.82, 2.24) is 0 Å². The molecule has 0 spiro atoms. The first-order valence-corrected chi connectivity index (χ1v) is 13.2. The van der Waals surface area contributed by atoms with Gasteiger partial charge in [-0.2, -0.15) is 0 Å². The molecule has 0 rings (SSSR count). The molecule has 2 N–H and O–H groups in total. The number of carbonyl (C=O) groups is 3. The van der Waals surface area contributed by atoms with Crippen LogP contribution in [0, 0.1) is 47.4 Å². The first-order valence-electron chi connectivity index (χ1n) is 11.7. The molecule has 0 aromatic rings. The number of ether oxygens (including phenoxy) is 2. The van der Waals surface area contributed by atoms with Crippen molar-refractivity contribution < 1.29 is 112 Å². The number of carbonyl (C=O) groups excluding carboxylic acids is 3. The number of nitrogens with two attached hydrogens (primary N) is 1. The fraction of sp³-hybridized carbons (Fsp3) is 0.577. The Morgan fingerprint density at radius 3 is 1.87 bits per heavy atom. The maximum atomic E-state index is 12.0. The monoisotopic (exact) mass is 595 g/mol. The molecule has 10 nitrogen and oxygen atoms in total. The first-order chi connectivity index (χ1) is 17.5. The van der Waals surface area contributed by atoms with Gasteiger partial charge in [0.15, 0.2) is 6.10 Å². The number of amides is 1. The molecule has 0 saturated carbocycles. The summed E-state index contributed by atoms with van der Waals surface area (Å²) >= 11 is 0. The smallest absolute Gasteiger partial charge is 0.790 e. The standard InChI is InChI=1S/C24H31O8P.C2H5NO.2Na.7H2/c1-3-5-7-9-11-13-15-17-19-24(26)32-22(21-31-33(27,28)29)20-30-23(25)18-16-14-12-10-8-6-4-2;1-2(3)4;;;;;;;;;/h22H,3,5,7,9,11,13,15,17,19-21H2,1-2H3,(H2,27,28,29);1H3,(H2,3,4);;;7*1H/q;;2*+1;;;;;;;/p-2/t22-;;;;;;;;;;/m1........../s1. The minimum Gasteiger partial charge on any atom is -0.790 e. The predicted octanol–water partition coefficient (Wildman–Crippen LogP) is -2.93. The molecule has 0 aromatic heterocycles. The Balaban J connectivity index is -0.0000000985. The van der Waals surface area contributed by atoms with E-state index in [2.05, 4.69) is 64.5 Å². The third-order valence-electron chi connectivity index (χ3n) is 3.95. The maximum absolute atomic E-state index is 12.0. The van der Waals surface area contributed by atoms with Crippen LogP contribution in [0.15, 0.2) is 0 Å². The van der Waals surface area contributed by atoms with Crippen LogP contribution in [0.1, 0.15) is 88.5 Å². The fourth-order valence-electron chi connectivity index (χ4n) is 2.41. The SMILES string of the molecule is CC#CC#CC#CC#CC(=O)OC[C@H](COP(=O)([O-])[O-])OC(=O)CCCCCCCCCC.CC(N)=O.[HH].[HH].[HH].[HH].[HH].[HH].[HH].[Na+].[Na+]. The Labute approximate surface area is 286 Å². The van der Waals surface area contributed by atoms with Gasteiger partial charge in [-0.05, 0) is 48.9 Å². The molecular weight excluding hydrogens is 547 g/mol. The summed E-state index contributed by atoms with van der Waals surface area (Å²) in [5.74, 6) is 16.9. The quantitative estimate of drug-likeness (QED) is 0.0521. The third kappa shape index (κ3) is 41.4. The zero-order chi connectivity index (χ0) is 28.4. The molecule has 0 aliphatic rings. The van der Waals surface area contributed by atoms with E-state index in [0.29, 0.717) is 6.42 Å². The first kappa shape index (κ1) is 44.8. The summed E-state index contributed by atoms with van der Waals surface area (Å²) in [5, 5.41) is 0. The summed E-state index contributed by atoms with van der Waals surface area (Å²) in [4.78, 5) is 54.3. The van der Waals surface area contributed by atoms with Crippen LogP contribution < -0.4 is 74.6 Å². The second-order valence-electron chi connectivity index (χ2n) is 7.41. The van der Waals surface area contributed by atoms with E-state index in [1.165, 1.54) is 32.6 Å². The summed E-state index contributed by atoms with van der Waals surface area (Å²) in [6, 6.07) is 0. The Bertz CT molecular complexity index is 1020. The van der Waals surface area contributed by atoms with Gasteiger partial charge in [0.25, 0.3) is 0 Å². The number of unbranched alkanes of at least 4 members (excludes halogenated alkanes) is 7. The minimum atomic E-state index is -5.29. The van der Waals surface area contributed by atoms with Crippen LogP contribution in [0.4, 0.5) is 0 Å². The van der Waals surface area contributed by atoms with Crippen LogP contribution >= 0.6 is 7.82 Å². The minimum absolute atomic E-state index is 0. The van der Waals surface area contributed by atoms with Crippen molar-refractivity contribution in [2.45, 2.75) is 84.7 Å². The van der Waals surface area contributed by atoms with Crippen molar-refractivity contribution in [2.75, 3.05) is 13.2 Å². The van der Waals surface area contributed by atoms with E-state index >= 15 is 0 Å². The summed E-state index contributed by atoms with van der Waals surface area (Å²) in [7, 11) is -5.29. The molecule has 13 heteroatoms. The van der Waals surface area contributed by atoms with Crippen molar-refractivity contribution in [1.29, 1.82) is 0 Å². The third-order valence-corrected chi connectivity index (χ3v) is 4.42. The number of phosphoric ester groups is 1. The Morgan fingerprint density at radius 1 is 0.872 bits per heavy atom. The van der Waals surface area contributed by atoms with Gasteiger partial charge in [0.1, 0.15) is 6.61 Å². The molecule has 1 amide bonds. The molecule has 0 unspecified atom stereocenters. The van der Waals surface area contributed by atoms with Gasteiger partial charge in [-0.25, -0.2) is 4.79 Å². The number of primary amides is 1. The maximum Gasteiger partial charge on any atom is 1.00 e. The topological polar surface area (TPSA) is 168 Å². The molecule has 0 heterocycles. The molecule has 1 atom stereocenters. The van der Waals surface area contributed by atoms with E-state index in [-0.39, 0.29) is 81.4 Å². The largest absolute Gasteiger partial charge is 1.00 e. The van der Waals surface area contributed by atoms with Gasteiger partial charge in [-0.1, -0.05) is 57.8 Å². The van der Waals surface area contributed by atoms with E-state index in [1.807, 2.05) is 0 Å². The molecule has 0 aliphatic carbocycles. The van der Waals surface area contributed by atoms with Gasteiger partial charge in [0.05, 0.1) is 14.4 Å². The van der Waals surface area contributed by atoms with Crippen molar-refractivity contribution >= 4 is 25.7 Å². The molecule has 0 fully saturated rings. The summed E-state index contributed by atoms with van der Waals surface area (Å²) in [6.45, 7) is 3.79. The van der Waals surface area contributed by atoms with E-state index in [0.717, 1.165) is 19.3 Å². The fourth-order valence-corrected chi connectivity index (χ4v) is 2.76. The zero-order valence-electron chi connectivity index (χ0n) is 23.6. The van der Waals surface area contributed by atoms with Crippen molar-refractivity contribution in [3.63, 3.8) is 0 Å². The Kier molecular flexibility index (Phi) is 35.9. The van der Waals surface area contributed by atoms with Gasteiger partial charge in [0.2, 0.25) is 5.91 Å². The summed E-state index contributed by atoms with van der Waals surface area (Å²) in [6.07, 6.45) is 7.23. The molecule has 0 radical (unpaired) electrons. The van der Waals surface area contributed by atoms with Crippen LogP contribution in [0.3, 0.4) is 0 Å². The van der Waals surface area contributed by atoms with Crippen molar-refractivity contribution in [2.24, 2.45) is 5.73 Å². The molecule has 218 valence electrons. The molecule has 0 aromatic carbocycles. The normalized spacial score (nSPS) is 9.56. The predicted molar refractivity (Wildman–Crippen MR) is 148 cm³/mol. The van der Waals surface area contributed by atoms with Crippen LogP contribution in [0.5, 0.6) is 0 Å². The summed E-state index contributed by atoms with van der Waals surface area (Å²) in [5.41, 5.74) is 4.47. The second kappa shape index (κ2) is 31.3. The van der Waals surface area contributed by atoms with Crippen molar-refractivity contribution in [3.8, 4) is 47.4 Å². The summed E-state index contributed by atoms with van der Waals surface area (Å²) < 4.78 is 24.8. The molecule has 0 saturated heterocycles. The van der Waals surface area contributed by atoms with Gasteiger partial charge >= 0.3 is 71.1 Å². The Hall–Kier alpha value is -1.24. The second-order valence-corrected chi connectivity index (χ2v) is 8.57. The molecule has 39 heavy (non-hydrogen) atoms. The zero-order valence-corrected chi connectivity index (χ0v) is 28.4. The number of hydrogen-bond acceptors (Lipinski definition) is 9. The number of esters is 2. The number of hydrogen-bond donors (Lipinski definition) is 1. The Morgan fingerprint density at radius 2 is 1.36 bits per heavy atom. The molecule has 0 aliphatic heterocycles. The van der Waals surface area contributed by atoms with E-state index in [9.17, 15) is 28.7 Å². The average molecular weight is 596 g/mol. The van der Waals surface area contributed by atoms with Crippen LogP contribution in [0.25, 0.3) is 0 Å². The van der Waals surface area contributed by atoms with Crippen LogP contribution in [-0.4, -0.2) is 37.2 Å². The van der Waals surface area contributed by atoms with Crippen molar-refractivity contribution in [3.05, 3.63) is 0 Å². The van der Waals surface area contributed by atoms with E-state index < -0.39 is 39.1 Å². The van der Waals surface area contributed by atoms with Gasteiger partial charge in [0, 0.05) is 29.3 Å². The van der Waals surface area contributed by atoms with Gasteiger partial charge in [-0.15, -0.1) is 0 Å². The van der Waals surface area contributed by atoms with E-state index in [1.54, 1.807) is 6.92 Å². The van der Waals surface area contributed by atoms with E-state index in [4.69, 9.17) is 9.47 Å². The molecular formula is C26H48NNa2O9P. The average Bonchev–Trinajstić information content (AvgIpc) is 2.81. The van der Waals surface area contributed by atoms with Crippen LogP contribution in [0.2, 0.25) is 0 Å². The number of phosphoric acid groups is 1. The number of rotatable bonds is 15. The van der Waals surface area contributed by atoms with Gasteiger partial charge in [-0.3, -0.25) is 9.59 Å².